The predicted octanol–water partition coefficient (Wildman–Crippen LogP) is 7.34. The highest BCUT2D eigenvalue weighted by Gasteiger charge is 2.37. The number of amides is 1. The maximum absolute atomic E-state index is 13.6. The molecule has 9 heteroatoms. The van der Waals surface area contributed by atoms with Crippen molar-refractivity contribution in [1.82, 2.24) is 9.78 Å². The highest BCUT2D eigenvalue weighted by molar-refractivity contribution is 6.32. The summed E-state index contributed by atoms with van der Waals surface area (Å²) in [6, 6.07) is 23.4. The topological polar surface area (TPSA) is 50.2 Å². The minimum absolute atomic E-state index is 0.172. The van der Waals surface area contributed by atoms with Crippen LogP contribution in [0.3, 0.4) is 0 Å². The van der Waals surface area contributed by atoms with Crippen LogP contribution in [-0.4, -0.2) is 21.7 Å². The molecule has 4 rings (SSSR count). The van der Waals surface area contributed by atoms with E-state index in [1.54, 1.807) is 50.2 Å². The van der Waals surface area contributed by atoms with Gasteiger partial charge in [-0.25, -0.2) is 4.68 Å². The largest absolute Gasteiger partial charge is 0.435 e. The summed E-state index contributed by atoms with van der Waals surface area (Å²) in [5.74, 6) is -0.633. The third-order valence-corrected chi connectivity index (χ3v) is 5.56. The van der Waals surface area contributed by atoms with Crippen LogP contribution in [0.1, 0.15) is 30.0 Å². The number of nitrogens with one attached hydrogen (secondary N) is 1. The van der Waals surface area contributed by atoms with E-state index in [0.29, 0.717) is 5.69 Å². The highest BCUT2D eigenvalue weighted by atomic mass is 35.5. The van der Waals surface area contributed by atoms with Gasteiger partial charge in [0, 0.05) is 29.2 Å². The molecule has 0 saturated heterocycles. The zero-order valence-electron chi connectivity index (χ0n) is 18.9. The molecule has 0 atom stereocenters. The third kappa shape index (κ3) is 5.33. The molecule has 0 bridgehead atoms. The lowest BCUT2D eigenvalue weighted by Crippen LogP contribution is -2.38. The number of aromatic nitrogens is 2. The number of rotatable bonds is 6. The second-order valence-corrected chi connectivity index (χ2v) is 8.49. The van der Waals surface area contributed by atoms with Crippen LogP contribution in [0.5, 0.6) is 0 Å². The molecular formula is C26H22ClF3N4O. The molecule has 5 nitrogen and oxygen atoms in total. The molecule has 0 spiro atoms. The molecule has 0 saturated carbocycles. The van der Waals surface area contributed by atoms with Crippen LogP contribution in [0, 0.1) is 0 Å². The number of alkyl halides is 3. The molecule has 0 unspecified atom stereocenters. The number of hydrogen-bond acceptors (Lipinski definition) is 3. The molecule has 1 heterocycles. The lowest BCUT2D eigenvalue weighted by molar-refractivity contribution is -0.141. The maximum atomic E-state index is 13.6. The van der Waals surface area contributed by atoms with E-state index < -0.39 is 17.8 Å². The normalized spacial score (nSPS) is 11.5. The molecular weight excluding hydrogens is 477 g/mol. The lowest BCUT2D eigenvalue weighted by atomic mass is 10.2. The zero-order chi connectivity index (χ0) is 25.2. The van der Waals surface area contributed by atoms with Gasteiger partial charge < -0.3 is 10.2 Å². The van der Waals surface area contributed by atoms with Crippen molar-refractivity contribution in [3.63, 3.8) is 0 Å². The van der Waals surface area contributed by atoms with Crippen LogP contribution in [-0.2, 0) is 6.18 Å². The van der Waals surface area contributed by atoms with Crippen molar-refractivity contribution in [2.75, 3.05) is 10.2 Å². The summed E-state index contributed by atoms with van der Waals surface area (Å²) in [5.41, 5.74) is 0.998. The molecule has 0 aliphatic carbocycles. The van der Waals surface area contributed by atoms with Crippen LogP contribution in [0.15, 0.2) is 84.9 Å². The van der Waals surface area contributed by atoms with E-state index in [9.17, 15) is 18.0 Å². The molecule has 1 aromatic heterocycles. The number of benzene rings is 3. The van der Waals surface area contributed by atoms with E-state index in [1.165, 1.54) is 17.0 Å². The van der Waals surface area contributed by atoms with Crippen LogP contribution in [0.4, 0.5) is 30.2 Å². The first-order valence-electron chi connectivity index (χ1n) is 10.8. The van der Waals surface area contributed by atoms with Crippen molar-refractivity contribution in [3.05, 3.63) is 101 Å². The second kappa shape index (κ2) is 9.84. The van der Waals surface area contributed by atoms with Gasteiger partial charge in [0.2, 0.25) is 0 Å². The van der Waals surface area contributed by atoms with Crippen molar-refractivity contribution in [3.8, 4) is 5.69 Å². The van der Waals surface area contributed by atoms with Gasteiger partial charge in [-0.3, -0.25) is 4.79 Å². The van der Waals surface area contributed by atoms with E-state index in [-0.39, 0.29) is 22.4 Å². The predicted molar refractivity (Wildman–Crippen MR) is 132 cm³/mol. The number of carbonyl (C=O) groups is 1. The van der Waals surface area contributed by atoms with Crippen LogP contribution >= 0.6 is 11.6 Å². The Morgan fingerprint density at radius 2 is 1.54 bits per heavy atom. The standard InChI is InChI=1S/C26H22ClF3N4O/c1-17(2)33(20-14-12-19(13-15-20)31-18-8-4-3-5-9-18)25(35)23-16-24(26(28,29)30)32-34(23)22-11-7-6-10-21(22)27/h3-17,31H,1-2H3. The first kappa shape index (κ1) is 24.3. The maximum Gasteiger partial charge on any atom is 0.435 e. The van der Waals surface area contributed by atoms with Crippen molar-refractivity contribution < 1.29 is 18.0 Å². The number of para-hydroxylation sites is 2. The van der Waals surface area contributed by atoms with Gasteiger partial charge in [-0.15, -0.1) is 0 Å². The molecule has 0 fully saturated rings. The van der Waals surface area contributed by atoms with Gasteiger partial charge in [0.15, 0.2) is 5.69 Å². The van der Waals surface area contributed by atoms with Crippen molar-refractivity contribution in [2.24, 2.45) is 0 Å². The van der Waals surface area contributed by atoms with E-state index in [2.05, 4.69) is 10.4 Å². The molecule has 1 N–H and O–H groups in total. The van der Waals surface area contributed by atoms with E-state index in [4.69, 9.17) is 11.6 Å². The summed E-state index contributed by atoms with van der Waals surface area (Å²) < 4.78 is 41.5. The first-order valence-corrected chi connectivity index (χ1v) is 11.2. The summed E-state index contributed by atoms with van der Waals surface area (Å²) in [4.78, 5) is 15.1. The fraction of sp³-hybridized carbons (Fsp3) is 0.154. The van der Waals surface area contributed by atoms with E-state index >= 15 is 0 Å². The summed E-state index contributed by atoms with van der Waals surface area (Å²) >= 11 is 6.23. The van der Waals surface area contributed by atoms with Gasteiger partial charge in [0.25, 0.3) is 5.91 Å². The van der Waals surface area contributed by atoms with Gasteiger partial charge in [-0.05, 0) is 62.4 Å². The monoisotopic (exact) mass is 498 g/mol. The van der Waals surface area contributed by atoms with Gasteiger partial charge >= 0.3 is 6.18 Å². The Morgan fingerprint density at radius 1 is 0.943 bits per heavy atom. The zero-order valence-corrected chi connectivity index (χ0v) is 19.7. The van der Waals surface area contributed by atoms with Gasteiger partial charge in [0.05, 0.1) is 10.7 Å². The van der Waals surface area contributed by atoms with Crippen LogP contribution in [0.2, 0.25) is 5.02 Å². The van der Waals surface area contributed by atoms with Gasteiger partial charge in [-0.2, -0.15) is 18.3 Å². The number of hydrogen-bond donors (Lipinski definition) is 1. The molecule has 0 aliphatic heterocycles. The average molecular weight is 499 g/mol. The van der Waals surface area contributed by atoms with Crippen molar-refractivity contribution >= 4 is 34.6 Å². The quantitative estimate of drug-likeness (QED) is 0.302. The highest BCUT2D eigenvalue weighted by Crippen LogP contribution is 2.32. The fourth-order valence-corrected chi connectivity index (χ4v) is 3.86. The molecule has 0 radical (unpaired) electrons. The SMILES string of the molecule is CC(C)N(C(=O)c1cc(C(F)(F)F)nn1-c1ccccc1Cl)c1ccc(Nc2ccccc2)cc1. The summed E-state index contributed by atoms with van der Waals surface area (Å²) in [7, 11) is 0. The fourth-order valence-electron chi connectivity index (χ4n) is 3.65. The van der Waals surface area contributed by atoms with Gasteiger partial charge in [0.1, 0.15) is 5.69 Å². The first-order chi connectivity index (χ1) is 16.6. The van der Waals surface area contributed by atoms with Crippen LogP contribution < -0.4 is 10.2 Å². The van der Waals surface area contributed by atoms with Crippen molar-refractivity contribution in [1.29, 1.82) is 0 Å². The minimum atomic E-state index is -4.73. The number of halogens is 4. The van der Waals surface area contributed by atoms with Crippen LogP contribution in [0.25, 0.3) is 5.69 Å². The van der Waals surface area contributed by atoms with Crippen molar-refractivity contribution in [2.45, 2.75) is 26.1 Å². The minimum Gasteiger partial charge on any atom is -0.356 e. The molecule has 0 aliphatic rings. The summed E-state index contributed by atoms with van der Waals surface area (Å²) in [6.45, 7) is 3.57. The van der Waals surface area contributed by atoms with Gasteiger partial charge in [-0.1, -0.05) is 41.9 Å². The molecule has 4 aromatic rings. The Morgan fingerprint density at radius 3 is 2.14 bits per heavy atom. The number of nitrogens with zero attached hydrogens (tertiary/aromatic N) is 3. The number of carbonyl (C=O) groups excluding carboxylic acids is 1. The Balaban J connectivity index is 1.72. The van der Waals surface area contributed by atoms with E-state index in [1.807, 2.05) is 30.3 Å². The number of anilines is 3. The molecule has 180 valence electrons. The lowest BCUT2D eigenvalue weighted by Gasteiger charge is -2.27. The third-order valence-electron chi connectivity index (χ3n) is 5.24. The smallest absolute Gasteiger partial charge is 0.356 e. The molecule has 3 aromatic carbocycles. The Hall–Kier alpha value is -3.78. The molecule has 35 heavy (non-hydrogen) atoms. The Labute approximate surface area is 205 Å². The molecule has 1 amide bonds. The average Bonchev–Trinajstić information content (AvgIpc) is 3.27. The Bertz CT molecular complexity index is 1320. The Kier molecular flexibility index (Phi) is 6.84. The second-order valence-electron chi connectivity index (χ2n) is 8.08. The summed E-state index contributed by atoms with van der Waals surface area (Å²) in [6.07, 6.45) is -4.73. The summed E-state index contributed by atoms with van der Waals surface area (Å²) in [5, 5.41) is 7.11. The van der Waals surface area contributed by atoms with E-state index in [0.717, 1.165) is 22.1 Å².